The Morgan fingerprint density at radius 3 is 2.76 bits per heavy atom. The second kappa shape index (κ2) is 7.56. The molecule has 5 rings (SSSR count). The van der Waals surface area contributed by atoms with Gasteiger partial charge in [0, 0.05) is 12.0 Å². The van der Waals surface area contributed by atoms with Gasteiger partial charge in [-0.15, -0.1) is 8.78 Å². The van der Waals surface area contributed by atoms with Crippen LogP contribution in [0.3, 0.4) is 0 Å². The summed E-state index contributed by atoms with van der Waals surface area (Å²) in [5.41, 5.74) is 1.40. The quantitative estimate of drug-likeness (QED) is 0.458. The van der Waals surface area contributed by atoms with Crippen LogP contribution in [-0.2, 0) is 17.8 Å². The predicted octanol–water partition coefficient (Wildman–Crippen LogP) is 3.66. The highest BCUT2D eigenvalue weighted by molar-refractivity contribution is 5.89. The first-order chi connectivity index (χ1) is 15.8. The number of carbonyl (C=O) groups excluding carboxylic acids is 1. The van der Waals surface area contributed by atoms with Crippen molar-refractivity contribution in [3.8, 4) is 28.8 Å². The van der Waals surface area contributed by atoms with Gasteiger partial charge in [0.15, 0.2) is 22.9 Å². The highest BCUT2D eigenvalue weighted by atomic mass is 19.3. The second-order valence-electron chi connectivity index (χ2n) is 7.33. The van der Waals surface area contributed by atoms with Crippen LogP contribution in [0.1, 0.15) is 11.1 Å². The maximum absolute atomic E-state index is 13.2. The van der Waals surface area contributed by atoms with E-state index in [4.69, 9.17) is 4.42 Å². The van der Waals surface area contributed by atoms with Crippen molar-refractivity contribution in [2.45, 2.75) is 19.3 Å². The average molecular weight is 449 g/mol. The Balaban J connectivity index is 1.45. The zero-order valence-corrected chi connectivity index (χ0v) is 16.7. The molecule has 0 aliphatic carbocycles. The SMILES string of the molecule is N#Cc1cccc(-c2nn(CC(=O)Cc3ccc4c(c3)OC(F)(F)O4)c(=O)c3ccoc23)c1. The number of alkyl halides is 2. The lowest BCUT2D eigenvalue weighted by Gasteiger charge is -2.09. The maximum Gasteiger partial charge on any atom is 0.586 e. The molecule has 3 heterocycles. The molecule has 1 aliphatic heterocycles. The molecule has 33 heavy (non-hydrogen) atoms. The highest BCUT2D eigenvalue weighted by Gasteiger charge is 2.43. The van der Waals surface area contributed by atoms with Crippen LogP contribution in [0.25, 0.3) is 22.2 Å². The molecule has 2 aromatic heterocycles. The van der Waals surface area contributed by atoms with Crippen molar-refractivity contribution in [2.24, 2.45) is 0 Å². The minimum atomic E-state index is -3.75. The molecule has 0 fully saturated rings. The van der Waals surface area contributed by atoms with Gasteiger partial charge < -0.3 is 13.9 Å². The largest absolute Gasteiger partial charge is 0.586 e. The van der Waals surface area contributed by atoms with E-state index in [2.05, 4.69) is 14.6 Å². The summed E-state index contributed by atoms with van der Waals surface area (Å²) in [7, 11) is 0. The number of aromatic nitrogens is 2. The van der Waals surface area contributed by atoms with E-state index in [1.54, 1.807) is 24.3 Å². The summed E-state index contributed by atoms with van der Waals surface area (Å²) in [4.78, 5) is 25.5. The Hall–Kier alpha value is -4.52. The van der Waals surface area contributed by atoms with Gasteiger partial charge in [0.05, 0.1) is 23.3 Å². The molecule has 0 N–H and O–H groups in total. The number of carbonyl (C=O) groups is 1. The Labute approximate surface area is 184 Å². The first-order valence-electron chi connectivity index (χ1n) is 9.72. The number of benzene rings is 2. The Morgan fingerprint density at radius 1 is 1.12 bits per heavy atom. The summed E-state index contributed by atoms with van der Waals surface area (Å²) in [6.07, 6.45) is -2.54. The zero-order chi connectivity index (χ0) is 23.2. The normalized spacial score (nSPS) is 13.7. The lowest BCUT2D eigenvalue weighted by molar-refractivity contribution is -0.286. The third-order valence-electron chi connectivity index (χ3n) is 5.02. The number of hydrogen-bond donors (Lipinski definition) is 0. The van der Waals surface area contributed by atoms with Crippen molar-refractivity contribution in [1.29, 1.82) is 5.26 Å². The lowest BCUT2D eigenvalue weighted by Crippen LogP contribution is -2.27. The molecule has 0 unspecified atom stereocenters. The highest BCUT2D eigenvalue weighted by Crippen LogP contribution is 2.41. The van der Waals surface area contributed by atoms with Crippen LogP contribution >= 0.6 is 0 Å². The standard InChI is InChI=1S/C23H13F2N3O5/c24-23(25)32-18-5-4-13(10-19(18)33-23)9-16(29)12-28-22(30)17-6-7-31-21(17)20(27-28)15-3-1-2-14(8-15)11-26/h1-8,10H,9,12H2. The molecule has 2 aromatic carbocycles. The molecule has 4 aromatic rings. The number of halogens is 2. The second-order valence-corrected chi connectivity index (χ2v) is 7.33. The Morgan fingerprint density at radius 2 is 1.94 bits per heavy atom. The van der Waals surface area contributed by atoms with E-state index in [0.717, 1.165) is 4.68 Å². The summed E-state index contributed by atoms with van der Waals surface area (Å²) in [5, 5.41) is 13.7. The van der Waals surface area contributed by atoms with Gasteiger partial charge in [0.1, 0.15) is 12.2 Å². The number of rotatable bonds is 5. The third-order valence-corrected chi connectivity index (χ3v) is 5.02. The van der Waals surface area contributed by atoms with Gasteiger partial charge in [0.25, 0.3) is 5.56 Å². The molecule has 164 valence electrons. The van der Waals surface area contributed by atoms with Gasteiger partial charge in [-0.3, -0.25) is 9.59 Å². The Bertz CT molecular complexity index is 1520. The molecule has 0 saturated carbocycles. The van der Waals surface area contributed by atoms with E-state index in [-0.39, 0.29) is 41.2 Å². The maximum atomic E-state index is 13.2. The van der Waals surface area contributed by atoms with E-state index in [1.165, 1.54) is 30.5 Å². The number of ether oxygens (including phenoxy) is 2. The van der Waals surface area contributed by atoms with Crippen molar-refractivity contribution in [2.75, 3.05) is 0 Å². The van der Waals surface area contributed by atoms with Crippen molar-refractivity contribution in [3.05, 3.63) is 76.3 Å². The molecule has 0 radical (unpaired) electrons. The summed E-state index contributed by atoms with van der Waals surface area (Å²) in [6.45, 7) is -0.352. The number of hydrogen-bond acceptors (Lipinski definition) is 7. The minimum absolute atomic E-state index is 0.122. The molecule has 0 saturated heterocycles. The summed E-state index contributed by atoms with van der Waals surface area (Å²) >= 11 is 0. The molecule has 0 amide bonds. The van der Waals surface area contributed by atoms with Crippen LogP contribution in [0.5, 0.6) is 11.5 Å². The van der Waals surface area contributed by atoms with Gasteiger partial charge in [-0.2, -0.15) is 10.4 Å². The molecule has 10 heteroatoms. The number of fused-ring (bicyclic) bond motifs is 2. The zero-order valence-electron chi connectivity index (χ0n) is 16.7. The fraction of sp³-hybridized carbons (Fsp3) is 0.130. The predicted molar refractivity (Wildman–Crippen MR) is 110 cm³/mol. The van der Waals surface area contributed by atoms with Crippen LogP contribution < -0.4 is 15.0 Å². The van der Waals surface area contributed by atoms with Gasteiger partial charge in [-0.05, 0) is 35.9 Å². The third kappa shape index (κ3) is 3.80. The number of nitrogens with zero attached hydrogens (tertiary/aromatic N) is 3. The van der Waals surface area contributed by atoms with Gasteiger partial charge in [0.2, 0.25) is 0 Å². The van der Waals surface area contributed by atoms with Crippen molar-refractivity contribution in [3.63, 3.8) is 0 Å². The number of furan rings is 1. The Kier molecular flexibility index (Phi) is 4.67. The van der Waals surface area contributed by atoms with E-state index in [9.17, 15) is 23.6 Å². The van der Waals surface area contributed by atoms with Crippen LogP contribution in [0.2, 0.25) is 0 Å². The first-order valence-corrected chi connectivity index (χ1v) is 9.72. The average Bonchev–Trinajstić information content (AvgIpc) is 3.39. The van der Waals surface area contributed by atoms with Crippen molar-refractivity contribution >= 4 is 16.8 Å². The first kappa shape index (κ1) is 20.4. The summed E-state index contributed by atoms with van der Waals surface area (Å²) in [6, 6.07) is 14.2. The van der Waals surface area contributed by atoms with Gasteiger partial charge >= 0.3 is 6.29 Å². The van der Waals surface area contributed by atoms with E-state index in [1.807, 2.05) is 6.07 Å². The van der Waals surface area contributed by atoms with Gasteiger partial charge in [-0.1, -0.05) is 18.2 Å². The fourth-order valence-corrected chi connectivity index (χ4v) is 3.60. The lowest BCUT2D eigenvalue weighted by atomic mass is 10.1. The van der Waals surface area contributed by atoms with Crippen LogP contribution in [0.4, 0.5) is 8.78 Å². The van der Waals surface area contributed by atoms with Crippen molar-refractivity contribution in [1.82, 2.24) is 9.78 Å². The van der Waals surface area contributed by atoms with Crippen LogP contribution in [0.15, 0.2) is 64.0 Å². The molecular weight excluding hydrogens is 436 g/mol. The molecule has 0 spiro atoms. The minimum Gasteiger partial charge on any atom is -0.462 e. The summed E-state index contributed by atoms with van der Waals surface area (Å²) < 4.78 is 41.6. The van der Waals surface area contributed by atoms with Crippen LogP contribution in [0, 0.1) is 11.3 Å². The molecule has 1 aliphatic rings. The molecule has 8 nitrogen and oxygen atoms in total. The summed E-state index contributed by atoms with van der Waals surface area (Å²) in [5.74, 6) is -0.668. The van der Waals surface area contributed by atoms with Crippen molar-refractivity contribution < 1.29 is 27.5 Å². The van der Waals surface area contributed by atoms with E-state index >= 15 is 0 Å². The van der Waals surface area contributed by atoms with E-state index < -0.39 is 11.9 Å². The van der Waals surface area contributed by atoms with Crippen LogP contribution in [-0.4, -0.2) is 21.9 Å². The fourth-order valence-electron chi connectivity index (χ4n) is 3.60. The topological polar surface area (TPSA) is 107 Å². The number of Topliss-reactive ketones (excluding diaryl/α,β-unsaturated/α-hetero) is 1. The number of nitriles is 1. The number of ketones is 1. The monoisotopic (exact) mass is 449 g/mol. The molecule has 0 atom stereocenters. The smallest absolute Gasteiger partial charge is 0.462 e. The van der Waals surface area contributed by atoms with E-state index in [0.29, 0.717) is 22.4 Å². The molecular formula is C23H13F2N3O5. The molecule has 0 bridgehead atoms. The van der Waals surface area contributed by atoms with Gasteiger partial charge in [-0.25, -0.2) is 4.68 Å².